The van der Waals surface area contributed by atoms with Gasteiger partial charge in [0.1, 0.15) is 11.6 Å². The number of halogens is 2. The van der Waals surface area contributed by atoms with E-state index < -0.39 is 11.6 Å². The highest BCUT2D eigenvalue weighted by molar-refractivity contribution is 5.23. The van der Waals surface area contributed by atoms with E-state index >= 15 is 0 Å². The lowest BCUT2D eigenvalue weighted by Crippen LogP contribution is -2.23. The second-order valence-electron chi connectivity index (χ2n) is 4.33. The Bertz CT molecular complexity index is 388. The van der Waals surface area contributed by atoms with Crippen LogP contribution in [0.25, 0.3) is 0 Å². The number of rotatable bonds is 6. The summed E-state index contributed by atoms with van der Waals surface area (Å²) in [4.78, 5) is 0. The van der Waals surface area contributed by atoms with Crippen molar-refractivity contribution in [3.8, 4) is 0 Å². The molecule has 1 rings (SSSR count). The Kier molecular flexibility index (Phi) is 5.29. The van der Waals surface area contributed by atoms with E-state index in [0.717, 1.165) is 24.6 Å². The molecule has 1 N–H and O–H groups in total. The Hall–Kier alpha value is -1.22. The predicted molar refractivity (Wildman–Crippen MR) is 66.8 cm³/mol. The highest BCUT2D eigenvalue weighted by Crippen LogP contribution is 2.23. The molecule has 1 aromatic carbocycles. The molecule has 0 heterocycles. The quantitative estimate of drug-likeness (QED) is 0.741. The molecule has 0 spiro atoms. The highest BCUT2D eigenvalue weighted by atomic mass is 19.1. The third-order valence-electron chi connectivity index (χ3n) is 2.53. The molecule has 0 amide bonds. The molecule has 0 bridgehead atoms. The Morgan fingerprint density at radius 1 is 1.41 bits per heavy atom. The van der Waals surface area contributed by atoms with Crippen LogP contribution in [0.3, 0.4) is 0 Å². The van der Waals surface area contributed by atoms with Crippen LogP contribution >= 0.6 is 0 Å². The Morgan fingerprint density at radius 3 is 2.65 bits per heavy atom. The first-order chi connectivity index (χ1) is 8.04. The lowest BCUT2D eigenvalue weighted by Gasteiger charge is -2.19. The van der Waals surface area contributed by atoms with Crippen molar-refractivity contribution in [2.24, 2.45) is 0 Å². The van der Waals surface area contributed by atoms with Gasteiger partial charge in [0, 0.05) is 17.7 Å². The minimum atomic E-state index is -0.546. The second kappa shape index (κ2) is 6.50. The van der Waals surface area contributed by atoms with E-state index in [-0.39, 0.29) is 6.04 Å². The van der Waals surface area contributed by atoms with Crippen molar-refractivity contribution in [2.45, 2.75) is 32.7 Å². The largest absolute Gasteiger partial charge is 0.310 e. The summed E-state index contributed by atoms with van der Waals surface area (Å²) in [5.74, 6) is -1.05. The molecular formula is C14H19F2N. The molecule has 0 aliphatic carbocycles. The first-order valence-electron chi connectivity index (χ1n) is 5.87. The standard InChI is InChI=1S/C14H19F2N/c1-4-7-17-14(8-10(2)3)12-6-5-11(15)9-13(12)16/h5-6,9,14,17H,2,4,7-8H2,1,3H3. The summed E-state index contributed by atoms with van der Waals surface area (Å²) in [6.45, 7) is 8.59. The van der Waals surface area contributed by atoms with Crippen LogP contribution in [-0.4, -0.2) is 6.54 Å². The van der Waals surface area contributed by atoms with E-state index in [1.165, 1.54) is 12.1 Å². The van der Waals surface area contributed by atoms with Gasteiger partial charge in [0.2, 0.25) is 0 Å². The van der Waals surface area contributed by atoms with Crippen molar-refractivity contribution in [2.75, 3.05) is 6.54 Å². The van der Waals surface area contributed by atoms with Gasteiger partial charge in [-0.2, -0.15) is 0 Å². The molecule has 1 aromatic rings. The topological polar surface area (TPSA) is 12.0 Å². The van der Waals surface area contributed by atoms with Crippen molar-refractivity contribution < 1.29 is 8.78 Å². The van der Waals surface area contributed by atoms with Crippen LogP contribution in [0.2, 0.25) is 0 Å². The molecule has 0 saturated heterocycles. The smallest absolute Gasteiger partial charge is 0.130 e. The molecule has 1 nitrogen and oxygen atoms in total. The fraction of sp³-hybridized carbons (Fsp3) is 0.429. The van der Waals surface area contributed by atoms with Crippen LogP contribution in [0.1, 0.15) is 38.3 Å². The summed E-state index contributed by atoms with van der Waals surface area (Å²) in [7, 11) is 0. The van der Waals surface area contributed by atoms with Gasteiger partial charge in [0.25, 0.3) is 0 Å². The Balaban J connectivity index is 2.90. The number of hydrogen-bond acceptors (Lipinski definition) is 1. The van der Waals surface area contributed by atoms with E-state index in [9.17, 15) is 8.78 Å². The second-order valence-corrected chi connectivity index (χ2v) is 4.33. The van der Waals surface area contributed by atoms with Crippen molar-refractivity contribution in [3.05, 3.63) is 47.5 Å². The van der Waals surface area contributed by atoms with Crippen molar-refractivity contribution in [3.63, 3.8) is 0 Å². The molecular weight excluding hydrogens is 220 g/mol. The maximum atomic E-state index is 13.7. The molecule has 0 radical (unpaired) electrons. The Labute approximate surface area is 102 Å². The fourth-order valence-electron chi connectivity index (χ4n) is 1.74. The number of hydrogen-bond donors (Lipinski definition) is 1. The third-order valence-corrected chi connectivity index (χ3v) is 2.53. The van der Waals surface area contributed by atoms with E-state index in [1.807, 2.05) is 13.8 Å². The molecule has 17 heavy (non-hydrogen) atoms. The molecule has 3 heteroatoms. The van der Waals surface area contributed by atoms with Gasteiger partial charge in [0.05, 0.1) is 0 Å². The molecule has 1 atom stereocenters. The number of nitrogens with one attached hydrogen (secondary N) is 1. The summed E-state index contributed by atoms with van der Waals surface area (Å²) in [5.41, 5.74) is 1.48. The summed E-state index contributed by atoms with van der Waals surface area (Å²) in [5, 5.41) is 3.25. The molecule has 0 fully saturated rings. The molecule has 0 aromatic heterocycles. The SMILES string of the molecule is C=C(C)CC(NCCC)c1ccc(F)cc1F. The lowest BCUT2D eigenvalue weighted by atomic mass is 9.99. The zero-order chi connectivity index (χ0) is 12.8. The maximum Gasteiger partial charge on any atom is 0.130 e. The van der Waals surface area contributed by atoms with Crippen LogP contribution in [0, 0.1) is 11.6 Å². The first kappa shape index (κ1) is 13.8. The normalized spacial score (nSPS) is 12.5. The highest BCUT2D eigenvalue weighted by Gasteiger charge is 2.15. The molecule has 0 aliphatic rings. The van der Waals surface area contributed by atoms with Gasteiger partial charge in [-0.05, 0) is 32.4 Å². The van der Waals surface area contributed by atoms with E-state index in [2.05, 4.69) is 11.9 Å². The summed E-state index contributed by atoms with van der Waals surface area (Å²) >= 11 is 0. The summed E-state index contributed by atoms with van der Waals surface area (Å²) in [6.07, 6.45) is 1.62. The predicted octanol–water partition coefficient (Wildman–Crippen LogP) is 3.97. The third kappa shape index (κ3) is 4.27. The van der Waals surface area contributed by atoms with Gasteiger partial charge in [-0.25, -0.2) is 8.78 Å². The molecule has 1 unspecified atom stereocenters. The summed E-state index contributed by atoms with van der Waals surface area (Å²) in [6, 6.07) is 3.58. The van der Waals surface area contributed by atoms with Crippen molar-refractivity contribution in [1.82, 2.24) is 5.32 Å². The van der Waals surface area contributed by atoms with Crippen LogP contribution < -0.4 is 5.32 Å². The molecule has 0 aliphatic heterocycles. The average Bonchev–Trinajstić information content (AvgIpc) is 2.24. The zero-order valence-electron chi connectivity index (χ0n) is 10.4. The van der Waals surface area contributed by atoms with Crippen molar-refractivity contribution >= 4 is 0 Å². The van der Waals surface area contributed by atoms with E-state index in [0.29, 0.717) is 12.0 Å². The first-order valence-corrected chi connectivity index (χ1v) is 5.87. The van der Waals surface area contributed by atoms with Gasteiger partial charge in [-0.15, -0.1) is 6.58 Å². The zero-order valence-corrected chi connectivity index (χ0v) is 10.4. The minimum Gasteiger partial charge on any atom is -0.310 e. The number of benzene rings is 1. The van der Waals surface area contributed by atoms with Gasteiger partial charge < -0.3 is 5.32 Å². The van der Waals surface area contributed by atoms with E-state index in [1.54, 1.807) is 0 Å². The van der Waals surface area contributed by atoms with Crippen LogP contribution in [-0.2, 0) is 0 Å². The molecule has 0 saturated carbocycles. The average molecular weight is 239 g/mol. The maximum absolute atomic E-state index is 13.7. The Morgan fingerprint density at radius 2 is 2.12 bits per heavy atom. The monoisotopic (exact) mass is 239 g/mol. The minimum absolute atomic E-state index is 0.131. The fourth-order valence-corrected chi connectivity index (χ4v) is 1.74. The van der Waals surface area contributed by atoms with Crippen LogP contribution in [0.15, 0.2) is 30.4 Å². The molecule has 94 valence electrons. The van der Waals surface area contributed by atoms with Crippen molar-refractivity contribution in [1.29, 1.82) is 0 Å². The van der Waals surface area contributed by atoms with Gasteiger partial charge >= 0.3 is 0 Å². The van der Waals surface area contributed by atoms with Crippen LogP contribution in [0.5, 0.6) is 0 Å². The van der Waals surface area contributed by atoms with Crippen LogP contribution in [0.4, 0.5) is 8.78 Å². The lowest BCUT2D eigenvalue weighted by molar-refractivity contribution is 0.490. The van der Waals surface area contributed by atoms with Gasteiger partial charge in [0.15, 0.2) is 0 Å². The van der Waals surface area contributed by atoms with E-state index in [4.69, 9.17) is 0 Å². The van der Waals surface area contributed by atoms with Gasteiger partial charge in [-0.1, -0.05) is 18.6 Å². The van der Waals surface area contributed by atoms with Gasteiger partial charge in [-0.3, -0.25) is 0 Å². The summed E-state index contributed by atoms with van der Waals surface area (Å²) < 4.78 is 26.5.